The summed E-state index contributed by atoms with van der Waals surface area (Å²) in [5.74, 6) is -2.58. The zero-order valence-electron chi connectivity index (χ0n) is 10.1. The van der Waals surface area contributed by atoms with E-state index in [4.69, 9.17) is 0 Å². The van der Waals surface area contributed by atoms with Gasteiger partial charge in [0.25, 0.3) is 5.91 Å². The molecule has 0 heterocycles. The molecule has 2 rings (SSSR count). The summed E-state index contributed by atoms with van der Waals surface area (Å²) in [5, 5.41) is 2.49. The molecule has 0 aliphatic rings. The fraction of sp³-hybridized carbons (Fsp3) is 0.0714. The summed E-state index contributed by atoms with van der Waals surface area (Å²) in [5.41, 5.74) is 0.254. The third kappa shape index (κ3) is 3.64. The molecule has 0 aliphatic carbocycles. The Morgan fingerprint density at radius 3 is 2.10 bits per heavy atom. The van der Waals surface area contributed by atoms with Gasteiger partial charge in [0.05, 0.1) is 0 Å². The predicted molar refractivity (Wildman–Crippen MR) is 79.4 cm³/mol. The molecule has 2 aromatic carbocycles. The topological polar surface area (TPSA) is 29.1 Å². The fourth-order valence-electron chi connectivity index (χ4n) is 1.63. The minimum absolute atomic E-state index is 0.195. The second kappa shape index (κ2) is 6.45. The standard InChI is InChI=1S/C14H9Br2F2NO/c15-9-3-1-8(2-4-9)7-19-14(20)13-11(17)5-10(16)6-12(13)18/h1-6H,7H2,(H,19,20). The number of amides is 1. The van der Waals surface area contributed by atoms with E-state index in [2.05, 4.69) is 37.2 Å². The average molecular weight is 405 g/mol. The van der Waals surface area contributed by atoms with E-state index >= 15 is 0 Å². The molecule has 0 aliphatic heterocycles. The van der Waals surface area contributed by atoms with Crippen LogP contribution < -0.4 is 5.32 Å². The lowest BCUT2D eigenvalue weighted by atomic mass is 10.1. The number of hydrogen-bond acceptors (Lipinski definition) is 1. The minimum Gasteiger partial charge on any atom is -0.348 e. The molecule has 0 saturated heterocycles. The van der Waals surface area contributed by atoms with E-state index in [1.165, 1.54) is 0 Å². The molecule has 2 aromatic rings. The van der Waals surface area contributed by atoms with Crippen LogP contribution in [-0.2, 0) is 6.54 Å². The Balaban J connectivity index is 2.11. The van der Waals surface area contributed by atoms with Crippen LogP contribution in [0.5, 0.6) is 0 Å². The van der Waals surface area contributed by atoms with E-state index < -0.39 is 23.1 Å². The number of carbonyl (C=O) groups is 1. The highest BCUT2D eigenvalue weighted by atomic mass is 79.9. The first kappa shape index (κ1) is 15.1. The van der Waals surface area contributed by atoms with E-state index in [1.807, 2.05) is 12.1 Å². The molecular formula is C14H9Br2F2NO. The van der Waals surface area contributed by atoms with Crippen molar-refractivity contribution in [2.24, 2.45) is 0 Å². The first-order valence-electron chi connectivity index (χ1n) is 5.64. The number of carbonyl (C=O) groups excluding carboxylic acids is 1. The quantitative estimate of drug-likeness (QED) is 0.805. The number of nitrogens with one attached hydrogen (secondary N) is 1. The minimum atomic E-state index is -0.898. The van der Waals surface area contributed by atoms with E-state index in [1.54, 1.807) is 12.1 Å². The highest BCUT2D eigenvalue weighted by molar-refractivity contribution is 9.10. The normalized spacial score (nSPS) is 10.4. The first-order chi connectivity index (χ1) is 9.47. The molecule has 6 heteroatoms. The summed E-state index contributed by atoms with van der Waals surface area (Å²) in [6.45, 7) is 0.195. The Labute approximate surface area is 131 Å². The molecule has 2 nitrogen and oxygen atoms in total. The Hall–Kier alpha value is -1.27. The molecule has 0 aromatic heterocycles. The average Bonchev–Trinajstić information content (AvgIpc) is 2.37. The molecule has 1 amide bonds. The molecule has 20 heavy (non-hydrogen) atoms. The lowest BCUT2D eigenvalue weighted by Gasteiger charge is -2.08. The van der Waals surface area contributed by atoms with E-state index in [-0.39, 0.29) is 11.0 Å². The first-order valence-corrected chi connectivity index (χ1v) is 7.23. The van der Waals surface area contributed by atoms with Gasteiger partial charge < -0.3 is 5.32 Å². The van der Waals surface area contributed by atoms with Crippen LogP contribution in [0.25, 0.3) is 0 Å². The van der Waals surface area contributed by atoms with Gasteiger partial charge in [-0.25, -0.2) is 8.78 Å². The highest BCUT2D eigenvalue weighted by Gasteiger charge is 2.17. The molecule has 1 N–H and O–H groups in total. The van der Waals surface area contributed by atoms with Gasteiger partial charge in [-0.3, -0.25) is 4.79 Å². The molecular weight excluding hydrogens is 396 g/mol. The fourth-order valence-corrected chi connectivity index (χ4v) is 2.30. The van der Waals surface area contributed by atoms with Crippen LogP contribution in [0.3, 0.4) is 0 Å². The van der Waals surface area contributed by atoms with Crippen molar-refractivity contribution in [1.29, 1.82) is 0 Å². The van der Waals surface area contributed by atoms with Gasteiger partial charge in [0, 0.05) is 15.5 Å². The van der Waals surface area contributed by atoms with Crippen molar-refractivity contribution in [3.63, 3.8) is 0 Å². The second-order valence-corrected chi connectivity index (χ2v) is 5.88. The SMILES string of the molecule is O=C(NCc1ccc(Br)cc1)c1c(F)cc(Br)cc1F. The number of hydrogen-bond donors (Lipinski definition) is 1. The summed E-state index contributed by atoms with van der Waals surface area (Å²) in [6.07, 6.45) is 0. The van der Waals surface area contributed by atoms with Crippen LogP contribution in [0.2, 0.25) is 0 Å². The zero-order chi connectivity index (χ0) is 14.7. The van der Waals surface area contributed by atoms with Crippen LogP contribution >= 0.6 is 31.9 Å². The number of rotatable bonds is 3. The summed E-state index contributed by atoms with van der Waals surface area (Å²) in [4.78, 5) is 11.8. The van der Waals surface area contributed by atoms with E-state index in [9.17, 15) is 13.6 Å². The summed E-state index contributed by atoms with van der Waals surface area (Å²) in [7, 11) is 0. The zero-order valence-corrected chi connectivity index (χ0v) is 13.3. The maximum absolute atomic E-state index is 13.6. The largest absolute Gasteiger partial charge is 0.348 e. The maximum Gasteiger partial charge on any atom is 0.257 e. The lowest BCUT2D eigenvalue weighted by molar-refractivity contribution is 0.0942. The number of benzene rings is 2. The third-order valence-electron chi connectivity index (χ3n) is 2.60. The summed E-state index contributed by atoms with van der Waals surface area (Å²) < 4.78 is 28.4. The Kier molecular flexibility index (Phi) is 4.88. The smallest absolute Gasteiger partial charge is 0.257 e. The predicted octanol–water partition coefficient (Wildman–Crippen LogP) is 4.42. The lowest BCUT2D eigenvalue weighted by Crippen LogP contribution is -2.25. The van der Waals surface area contributed by atoms with Gasteiger partial charge in [-0.15, -0.1) is 0 Å². The summed E-state index contributed by atoms with van der Waals surface area (Å²) in [6, 6.07) is 9.36. The van der Waals surface area contributed by atoms with Gasteiger partial charge in [0.1, 0.15) is 17.2 Å². The molecule has 0 saturated carbocycles. The van der Waals surface area contributed by atoms with Crippen LogP contribution in [0, 0.1) is 11.6 Å². The van der Waals surface area contributed by atoms with Crippen LogP contribution in [0.1, 0.15) is 15.9 Å². The second-order valence-electron chi connectivity index (χ2n) is 4.05. The highest BCUT2D eigenvalue weighted by Crippen LogP contribution is 2.19. The van der Waals surface area contributed by atoms with Crippen molar-refractivity contribution in [3.05, 3.63) is 68.1 Å². The van der Waals surface area contributed by atoms with Crippen molar-refractivity contribution in [2.45, 2.75) is 6.54 Å². The van der Waals surface area contributed by atoms with Crippen molar-refractivity contribution >= 4 is 37.8 Å². The Morgan fingerprint density at radius 2 is 1.55 bits per heavy atom. The van der Waals surface area contributed by atoms with Gasteiger partial charge in [-0.05, 0) is 29.8 Å². The molecule has 0 bridgehead atoms. The monoisotopic (exact) mass is 403 g/mol. The molecule has 0 radical (unpaired) electrons. The molecule has 0 unspecified atom stereocenters. The molecule has 0 atom stereocenters. The Bertz CT molecular complexity index is 621. The van der Waals surface area contributed by atoms with Crippen LogP contribution in [0.15, 0.2) is 45.3 Å². The molecule has 0 fully saturated rings. The van der Waals surface area contributed by atoms with Crippen molar-refractivity contribution < 1.29 is 13.6 Å². The van der Waals surface area contributed by atoms with Gasteiger partial charge in [-0.2, -0.15) is 0 Å². The third-order valence-corrected chi connectivity index (χ3v) is 3.59. The van der Waals surface area contributed by atoms with Gasteiger partial charge in [0.2, 0.25) is 0 Å². The van der Waals surface area contributed by atoms with Crippen LogP contribution in [0.4, 0.5) is 8.78 Å². The number of halogens is 4. The van der Waals surface area contributed by atoms with Crippen LogP contribution in [-0.4, -0.2) is 5.91 Å². The Morgan fingerprint density at radius 1 is 1.00 bits per heavy atom. The molecule has 104 valence electrons. The van der Waals surface area contributed by atoms with Crippen molar-refractivity contribution in [1.82, 2.24) is 5.32 Å². The van der Waals surface area contributed by atoms with E-state index in [0.29, 0.717) is 0 Å². The molecule has 0 spiro atoms. The van der Waals surface area contributed by atoms with Crippen molar-refractivity contribution in [2.75, 3.05) is 0 Å². The van der Waals surface area contributed by atoms with Gasteiger partial charge in [-0.1, -0.05) is 44.0 Å². The van der Waals surface area contributed by atoms with Crippen molar-refractivity contribution in [3.8, 4) is 0 Å². The summed E-state index contributed by atoms with van der Waals surface area (Å²) >= 11 is 6.26. The maximum atomic E-state index is 13.6. The van der Waals surface area contributed by atoms with Gasteiger partial charge in [0.15, 0.2) is 0 Å². The van der Waals surface area contributed by atoms with Gasteiger partial charge >= 0.3 is 0 Å². The van der Waals surface area contributed by atoms with E-state index in [0.717, 1.165) is 22.2 Å².